The summed E-state index contributed by atoms with van der Waals surface area (Å²) in [5.74, 6) is 0.742. The van der Waals surface area contributed by atoms with Crippen molar-refractivity contribution >= 4 is 0 Å². The third kappa shape index (κ3) is 4.43. The van der Waals surface area contributed by atoms with Gasteiger partial charge in [0.05, 0.1) is 0 Å². The van der Waals surface area contributed by atoms with E-state index in [2.05, 4.69) is 38.3 Å². The van der Waals surface area contributed by atoms with Crippen LogP contribution >= 0.6 is 0 Å². The van der Waals surface area contributed by atoms with Crippen LogP contribution in [0.4, 0.5) is 0 Å². The third-order valence-electron chi connectivity index (χ3n) is 3.46. The zero-order chi connectivity index (χ0) is 10.6. The maximum absolute atomic E-state index is 3.53. The highest BCUT2D eigenvalue weighted by atomic mass is 15.0. The van der Waals surface area contributed by atoms with Gasteiger partial charge in [0.2, 0.25) is 0 Å². The lowest BCUT2D eigenvalue weighted by Gasteiger charge is -2.29. The fraction of sp³-hybridized carbons (Fsp3) is 1.00. The first kappa shape index (κ1) is 12.0. The summed E-state index contributed by atoms with van der Waals surface area (Å²) in [5, 5.41) is 7.04. The van der Waals surface area contributed by atoms with Crippen LogP contribution in [0.3, 0.4) is 0 Å². The molecule has 0 unspecified atom stereocenters. The van der Waals surface area contributed by atoms with Crippen molar-refractivity contribution in [3.05, 3.63) is 0 Å². The van der Waals surface area contributed by atoms with Gasteiger partial charge in [0.15, 0.2) is 0 Å². The van der Waals surface area contributed by atoms with Crippen molar-refractivity contribution in [2.24, 2.45) is 11.3 Å². The van der Waals surface area contributed by atoms with E-state index in [1.54, 1.807) is 0 Å². The van der Waals surface area contributed by atoms with Gasteiger partial charge in [-0.2, -0.15) is 0 Å². The van der Waals surface area contributed by atoms with Gasteiger partial charge in [0.1, 0.15) is 0 Å². The lowest BCUT2D eigenvalue weighted by molar-refractivity contribution is 0.239. The Morgan fingerprint density at radius 2 is 1.86 bits per heavy atom. The standard InChI is InChI=1S/C12H26N2/c1-10(2)12(3,4)9-13-7-8-14-11-5-6-11/h10-11,13-14H,5-9H2,1-4H3. The lowest BCUT2D eigenvalue weighted by Crippen LogP contribution is -2.37. The van der Waals surface area contributed by atoms with E-state index in [-0.39, 0.29) is 0 Å². The summed E-state index contributed by atoms with van der Waals surface area (Å²) in [4.78, 5) is 0. The zero-order valence-electron chi connectivity index (χ0n) is 10.2. The van der Waals surface area contributed by atoms with Crippen LogP contribution in [0.5, 0.6) is 0 Å². The minimum Gasteiger partial charge on any atom is -0.315 e. The van der Waals surface area contributed by atoms with Crippen LogP contribution in [0.2, 0.25) is 0 Å². The van der Waals surface area contributed by atoms with Crippen LogP contribution in [0.25, 0.3) is 0 Å². The summed E-state index contributed by atoms with van der Waals surface area (Å²) < 4.78 is 0. The maximum Gasteiger partial charge on any atom is 0.00793 e. The predicted molar refractivity (Wildman–Crippen MR) is 62.5 cm³/mol. The van der Waals surface area contributed by atoms with E-state index in [0.717, 1.165) is 31.6 Å². The van der Waals surface area contributed by atoms with Gasteiger partial charge < -0.3 is 10.6 Å². The van der Waals surface area contributed by atoms with Crippen molar-refractivity contribution in [2.75, 3.05) is 19.6 Å². The van der Waals surface area contributed by atoms with Crippen molar-refractivity contribution in [3.8, 4) is 0 Å². The number of rotatable bonds is 7. The second-order valence-electron chi connectivity index (χ2n) is 5.55. The molecule has 0 aromatic carbocycles. The third-order valence-corrected chi connectivity index (χ3v) is 3.46. The summed E-state index contributed by atoms with van der Waals surface area (Å²) >= 11 is 0. The largest absolute Gasteiger partial charge is 0.315 e. The van der Waals surface area contributed by atoms with E-state index >= 15 is 0 Å². The average molecular weight is 198 g/mol. The lowest BCUT2D eigenvalue weighted by atomic mass is 9.81. The molecular formula is C12H26N2. The summed E-state index contributed by atoms with van der Waals surface area (Å²) in [6, 6.07) is 0.843. The molecule has 0 amide bonds. The van der Waals surface area contributed by atoms with Crippen molar-refractivity contribution in [3.63, 3.8) is 0 Å². The van der Waals surface area contributed by atoms with E-state index in [4.69, 9.17) is 0 Å². The molecule has 1 aliphatic carbocycles. The summed E-state index contributed by atoms with van der Waals surface area (Å²) in [7, 11) is 0. The second kappa shape index (κ2) is 5.13. The molecule has 2 nitrogen and oxygen atoms in total. The van der Waals surface area contributed by atoms with Crippen LogP contribution in [0, 0.1) is 11.3 Å². The highest BCUT2D eigenvalue weighted by molar-refractivity contribution is 4.81. The van der Waals surface area contributed by atoms with Crippen LogP contribution in [0.1, 0.15) is 40.5 Å². The molecule has 1 saturated carbocycles. The van der Waals surface area contributed by atoms with Crippen LogP contribution in [-0.2, 0) is 0 Å². The van der Waals surface area contributed by atoms with Gasteiger partial charge in [-0.1, -0.05) is 27.7 Å². The molecule has 1 aliphatic rings. The Kier molecular flexibility index (Phi) is 4.39. The fourth-order valence-corrected chi connectivity index (χ4v) is 1.27. The SMILES string of the molecule is CC(C)C(C)(C)CNCCNC1CC1. The Hall–Kier alpha value is -0.0800. The van der Waals surface area contributed by atoms with Gasteiger partial charge in [0, 0.05) is 25.7 Å². The Labute approximate surface area is 88.8 Å². The first-order valence-corrected chi connectivity index (χ1v) is 5.96. The molecule has 0 spiro atoms. The summed E-state index contributed by atoms with van der Waals surface area (Å²) in [6.07, 6.45) is 2.77. The monoisotopic (exact) mass is 198 g/mol. The van der Waals surface area contributed by atoms with Gasteiger partial charge in [-0.15, -0.1) is 0 Å². The molecule has 0 radical (unpaired) electrons. The number of hydrogen-bond donors (Lipinski definition) is 2. The Morgan fingerprint density at radius 1 is 1.21 bits per heavy atom. The van der Waals surface area contributed by atoms with E-state index in [9.17, 15) is 0 Å². The van der Waals surface area contributed by atoms with E-state index < -0.39 is 0 Å². The highest BCUT2D eigenvalue weighted by Gasteiger charge is 2.22. The maximum atomic E-state index is 3.53. The minimum absolute atomic E-state index is 0.416. The molecule has 1 fully saturated rings. The first-order valence-electron chi connectivity index (χ1n) is 5.96. The van der Waals surface area contributed by atoms with Gasteiger partial charge in [-0.25, -0.2) is 0 Å². The van der Waals surface area contributed by atoms with Crippen molar-refractivity contribution in [1.82, 2.24) is 10.6 Å². The molecule has 2 heteroatoms. The van der Waals surface area contributed by atoms with Crippen LogP contribution < -0.4 is 10.6 Å². The normalized spacial score (nSPS) is 17.8. The Bertz CT molecular complexity index is 160. The Balaban J connectivity index is 1.96. The molecule has 14 heavy (non-hydrogen) atoms. The molecule has 2 N–H and O–H groups in total. The molecule has 0 saturated heterocycles. The predicted octanol–water partition coefficient (Wildman–Crippen LogP) is 2.01. The fourth-order valence-electron chi connectivity index (χ4n) is 1.27. The Morgan fingerprint density at radius 3 is 2.36 bits per heavy atom. The van der Waals surface area contributed by atoms with Crippen molar-refractivity contribution in [2.45, 2.75) is 46.6 Å². The van der Waals surface area contributed by atoms with Crippen LogP contribution in [0.15, 0.2) is 0 Å². The zero-order valence-corrected chi connectivity index (χ0v) is 10.2. The molecule has 0 bridgehead atoms. The molecule has 0 aromatic heterocycles. The average Bonchev–Trinajstić information content (AvgIpc) is 2.87. The number of nitrogens with one attached hydrogen (secondary N) is 2. The summed E-state index contributed by atoms with van der Waals surface area (Å²) in [5.41, 5.74) is 0.416. The first-order chi connectivity index (χ1) is 6.52. The van der Waals surface area contributed by atoms with Crippen molar-refractivity contribution in [1.29, 1.82) is 0 Å². The smallest absolute Gasteiger partial charge is 0.00793 e. The molecule has 84 valence electrons. The van der Waals surface area contributed by atoms with Gasteiger partial charge in [-0.3, -0.25) is 0 Å². The van der Waals surface area contributed by atoms with Gasteiger partial charge in [-0.05, 0) is 24.2 Å². The molecule has 0 aromatic rings. The van der Waals surface area contributed by atoms with Gasteiger partial charge >= 0.3 is 0 Å². The van der Waals surface area contributed by atoms with E-state index in [1.165, 1.54) is 12.8 Å². The van der Waals surface area contributed by atoms with E-state index in [1.807, 2.05) is 0 Å². The van der Waals surface area contributed by atoms with Crippen molar-refractivity contribution < 1.29 is 0 Å². The quantitative estimate of drug-likeness (QED) is 0.612. The van der Waals surface area contributed by atoms with Gasteiger partial charge in [0.25, 0.3) is 0 Å². The molecule has 0 atom stereocenters. The van der Waals surface area contributed by atoms with E-state index in [0.29, 0.717) is 5.41 Å². The topological polar surface area (TPSA) is 24.1 Å². The second-order valence-corrected chi connectivity index (χ2v) is 5.55. The number of hydrogen-bond acceptors (Lipinski definition) is 2. The summed E-state index contributed by atoms with van der Waals surface area (Å²) in [6.45, 7) is 12.6. The van der Waals surface area contributed by atoms with Crippen LogP contribution in [-0.4, -0.2) is 25.7 Å². The molecule has 1 rings (SSSR count). The molecule has 0 aliphatic heterocycles. The minimum atomic E-state index is 0.416. The highest BCUT2D eigenvalue weighted by Crippen LogP contribution is 2.24. The molecular weight excluding hydrogens is 172 g/mol. The molecule has 0 heterocycles.